The summed E-state index contributed by atoms with van der Waals surface area (Å²) in [6, 6.07) is 11.0. The number of hydrogen-bond donors (Lipinski definition) is 1. The maximum atomic E-state index is 6.37. The molecule has 3 aromatic rings. The van der Waals surface area contributed by atoms with Gasteiger partial charge in [-0.05, 0) is 30.7 Å². The lowest BCUT2D eigenvalue weighted by molar-refractivity contribution is 0.883. The van der Waals surface area contributed by atoms with Gasteiger partial charge in [0, 0.05) is 17.7 Å². The lowest BCUT2D eigenvalue weighted by Crippen LogP contribution is -2.05. The summed E-state index contributed by atoms with van der Waals surface area (Å²) in [6.07, 6.45) is 0.878. The van der Waals surface area contributed by atoms with Crippen molar-refractivity contribution in [1.29, 1.82) is 0 Å². The van der Waals surface area contributed by atoms with Crippen molar-refractivity contribution in [2.75, 3.05) is 11.9 Å². The minimum Gasteiger partial charge on any atom is -0.369 e. The van der Waals surface area contributed by atoms with Crippen LogP contribution < -0.4 is 5.32 Å². The van der Waals surface area contributed by atoms with Crippen molar-refractivity contribution >= 4 is 52.2 Å². The molecule has 0 saturated heterocycles. The summed E-state index contributed by atoms with van der Waals surface area (Å²) in [7, 11) is 0. The first-order valence-electron chi connectivity index (χ1n) is 7.32. The molecule has 4 rings (SSSR count). The molecule has 0 aliphatic carbocycles. The normalized spacial score (nSPS) is 13.0. The average Bonchev–Trinajstić information content (AvgIpc) is 3.15. The predicted octanol–water partition coefficient (Wildman–Crippen LogP) is 6.12. The van der Waals surface area contributed by atoms with E-state index in [1.54, 1.807) is 16.8 Å². The van der Waals surface area contributed by atoms with Crippen LogP contribution in [0.4, 0.5) is 5.82 Å². The zero-order valence-corrected chi connectivity index (χ0v) is 15.3. The number of anilines is 1. The van der Waals surface area contributed by atoms with Crippen molar-refractivity contribution in [1.82, 2.24) is 9.78 Å². The molecule has 1 aliphatic rings. The van der Waals surface area contributed by atoms with E-state index in [1.807, 2.05) is 24.3 Å². The second-order valence-electron chi connectivity index (χ2n) is 5.47. The Hall–Kier alpha value is -1.39. The molecule has 0 bridgehead atoms. The van der Waals surface area contributed by atoms with Gasteiger partial charge in [-0.1, -0.05) is 58.5 Å². The summed E-state index contributed by atoms with van der Waals surface area (Å²) in [4.78, 5) is 0. The van der Waals surface area contributed by atoms with Gasteiger partial charge < -0.3 is 5.32 Å². The summed E-state index contributed by atoms with van der Waals surface area (Å²) in [5.74, 6) is 0.931. The fraction of sp³-hybridized carbons (Fsp3) is 0.118. The highest BCUT2D eigenvalue weighted by molar-refractivity contribution is 6.43. The van der Waals surface area contributed by atoms with E-state index >= 15 is 0 Å². The predicted molar refractivity (Wildman–Crippen MR) is 101 cm³/mol. The van der Waals surface area contributed by atoms with Crippen molar-refractivity contribution in [3.8, 4) is 16.9 Å². The van der Waals surface area contributed by atoms with E-state index in [4.69, 9.17) is 51.5 Å². The van der Waals surface area contributed by atoms with Gasteiger partial charge in [0.25, 0.3) is 0 Å². The second kappa shape index (κ2) is 6.16. The molecule has 0 atom stereocenters. The van der Waals surface area contributed by atoms with Crippen molar-refractivity contribution in [2.24, 2.45) is 0 Å². The van der Waals surface area contributed by atoms with Gasteiger partial charge >= 0.3 is 0 Å². The van der Waals surface area contributed by atoms with Gasteiger partial charge in [0.1, 0.15) is 5.82 Å². The van der Waals surface area contributed by atoms with E-state index in [1.165, 1.54) is 0 Å². The molecule has 1 N–H and O–H groups in total. The molecule has 2 heterocycles. The molecule has 0 spiro atoms. The molecule has 0 amide bonds. The van der Waals surface area contributed by atoms with Crippen molar-refractivity contribution in [2.45, 2.75) is 6.42 Å². The molecule has 7 heteroatoms. The quantitative estimate of drug-likeness (QED) is 0.563. The van der Waals surface area contributed by atoms with E-state index in [0.717, 1.165) is 41.3 Å². The van der Waals surface area contributed by atoms with Gasteiger partial charge in [-0.2, -0.15) is 5.10 Å². The van der Waals surface area contributed by atoms with Crippen LogP contribution in [0.25, 0.3) is 16.9 Å². The molecular formula is C17H11Cl4N3. The van der Waals surface area contributed by atoms with Crippen LogP contribution in [0.3, 0.4) is 0 Å². The highest BCUT2D eigenvalue weighted by Crippen LogP contribution is 2.38. The van der Waals surface area contributed by atoms with Crippen LogP contribution in [0.1, 0.15) is 5.56 Å². The van der Waals surface area contributed by atoms with Crippen LogP contribution in [0.2, 0.25) is 20.1 Å². The van der Waals surface area contributed by atoms with Crippen molar-refractivity contribution in [3.05, 3.63) is 62.1 Å². The molecule has 122 valence electrons. The standard InChI is InChI=1S/C17H11Cl4N3/c18-11-5-4-9(8-13(11)20)16-10-6-7-22-17(10)24(23-16)14-3-1-2-12(19)15(14)21/h1-5,8,22H,6-7H2. The maximum absolute atomic E-state index is 6.37. The van der Waals surface area contributed by atoms with Gasteiger partial charge in [-0.25, -0.2) is 4.68 Å². The molecule has 3 nitrogen and oxygen atoms in total. The number of rotatable bonds is 2. The largest absolute Gasteiger partial charge is 0.369 e. The number of nitrogens with one attached hydrogen (secondary N) is 1. The van der Waals surface area contributed by atoms with Crippen LogP contribution in [0.5, 0.6) is 0 Å². The highest BCUT2D eigenvalue weighted by atomic mass is 35.5. The van der Waals surface area contributed by atoms with E-state index in [2.05, 4.69) is 5.32 Å². The Morgan fingerprint density at radius 1 is 0.958 bits per heavy atom. The molecular weight excluding hydrogens is 388 g/mol. The Balaban J connectivity index is 1.92. The maximum Gasteiger partial charge on any atom is 0.133 e. The molecule has 0 fully saturated rings. The average molecular weight is 399 g/mol. The molecule has 0 saturated carbocycles. The third-order valence-electron chi connectivity index (χ3n) is 4.00. The Bertz CT molecular complexity index is 949. The smallest absolute Gasteiger partial charge is 0.133 e. The molecule has 1 aliphatic heterocycles. The Morgan fingerprint density at radius 3 is 2.58 bits per heavy atom. The minimum absolute atomic E-state index is 0.471. The van der Waals surface area contributed by atoms with Gasteiger partial charge in [0.2, 0.25) is 0 Å². The zero-order valence-electron chi connectivity index (χ0n) is 12.3. The fourth-order valence-corrected chi connectivity index (χ4v) is 3.55. The summed E-state index contributed by atoms with van der Waals surface area (Å²) < 4.78 is 1.80. The minimum atomic E-state index is 0.471. The third kappa shape index (κ3) is 2.56. The van der Waals surface area contributed by atoms with Crippen LogP contribution in [0.15, 0.2) is 36.4 Å². The number of fused-ring (bicyclic) bond motifs is 1. The summed E-state index contributed by atoms with van der Waals surface area (Å²) in [6.45, 7) is 0.847. The number of aromatic nitrogens is 2. The lowest BCUT2D eigenvalue weighted by atomic mass is 10.1. The van der Waals surface area contributed by atoms with E-state index in [-0.39, 0.29) is 0 Å². The van der Waals surface area contributed by atoms with Crippen molar-refractivity contribution < 1.29 is 0 Å². The number of halogens is 4. The molecule has 1 aromatic heterocycles. The van der Waals surface area contributed by atoms with E-state index in [9.17, 15) is 0 Å². The Kier molecular flexibility index (Phi) is 4.13. The lowest BCUT2D eigenvalue weighted by Gasteiger charge is -2.09. The number of benzene rings is 2. The summed E-state index contributed by atoms with van der Waals surface area (Å²) >= 11 is 24.7. The van der Waals surface area contributed by atoms with Gasteiger partial charge in [0.15, 0.2) is 0 Å². The van der Waals surface area contributed by atoms with E-state index in [0.29, 0.717) is 20.1 Å². The SMILES string of the molecule is Clc1ccc(-c2nn(-c3cccc(Cl)c3Cl)c3c2CCN3)cc1Cl. The molecule has 24 heavy (non-hydrogen) atoms. The van der Waals surface area contributed by atoms with Crippen LogP contribution in [0, 0.1) is 0 Å². The first-order valence-corrected chi connectivity index (χ1v) is 8.83. The Morgan fingerprint density at radius 2 is 1.79 bits per heavy atom. The first kappa shape index (κ1) is 16.1. The van der Waals surface area contributed by atoms with Gasteiger partial charge in [-0.3, -0.25) is 0 Å². The van der Waals surface area contributed by atoms with Crippen LogP contribution in [-0.4, -0.2) is 16.3 Å². The van der Waals surface area contributed by atoms with Crippen molar-refractivity contribution in [3.63, 3.8) is 0 Å². The molecule has 0 radical (unpaired) electrons. The summed E-state index contributed by atoms with van der Waals surface area (Å²) in [5, 5.41) is 10.1. The highest BCUT2D eigenvalue weighted by Gasteiger charge is 2.25. The molecule has 0 unspecified atom stereocenters. The Labute approximate surface area is 159 Å². The fourth-order valence-electron chi connectivity index (χ4n) is 2.88. The third-order valence-corrected chi connectivity index (χ3v) is 5.55. The number of nitrogens with zero attached hydrogens (tertiary/aromatic N) is 2. The monoisotopic (exact) mass is 397 g/mol. The zero-order chi connectivity index (χ0) is 16.8. The van der Waals surface area contributed by atoms with Gasteiger partial charge in [-0.15, -0.1) is 0 Å². The first-order chi connectivity index (χ1) is 11.6. The molecule has 2 aromatic carbocycles. The second-order valence-corrected chi connectivity index (χ2v) is 7.07. The number of hydrogen-bond acceptors (Lipinski definition) is 2. The van der Waals surface area contributed by atoms with Crippen LogP contribution >= 0.6 is 46.4 Å². The topological polar surface area (TPSA) is 29.9 Å². The summed E-state index contributed by atoms with van der Waals surface area (Å²) in [5.41, 5.74) is 3.65. The van der Waals surface area contributed by atoms with Crippen LogP contribution in [-0.2, 0) is 6.42 Å². The van der Waals surface area contributed by atoms with Gasteiger partial charge in [0.05, 0.1) is 31.5 Å². The van der Waals surface area contributed by atoms with E-state index < -0.39 is 0 Å².